The Hall–Kier alpha value is -1.16. The van der Waals surface area contributed by atoms with Crippen molar-refractivity contribution in [1.29, 1.82) is 0 Å². The van der Waals surface area contributed by atoms with Gasteiger partial charge in [0.25, 0.3) is 0 Å². The van der Waals surface area contributed by atoms with Crippen molar-refractivity contribution in [3.05, 3.63) is 12.2 Å². The number of imide groups is 1. The van der Waals surface area contributed by atoms with Gasteiger partial charge < -0.3 is 15.4 Å². The van der Waals surface area contributed by atoms with Crippen LogP contribution in [0.2, 0.25) is 0 Å². The number of hydrogen-bond acceptors (Lipinski definition) is 4. The predicted molar refractivity (Wildman–Crippen MR) is 110 cm³/mol. The minimum absolute atomic E-state index is 0. The fraction of sp³-hybridized carbons (Fsp3) is 0.722. The lowest BCUT2D eigenvalue weighted by atomic mass is 9.85. The number of fused-ring (bicyclic) bond motifs is 5. The van der Waals surface area contributed by atoms with Crippen molar-refractivity contribution in [2.45, 2.75) is 19.8 Å². The fourth-order valence-electron chi connectivity index (χ4n) is 4.23. The minimum Gasteiger partial charge on any atom is -0.380 e. The predicted octanol–water partition coefficient (Wildman–Crippen LogP) is 1.00. The van der Waals surface area contributed by atoms with Crippen LogP contribution in [0.1, 0.15) is 19.8 Å². The van der Waals surface area contributed by atoms with Crippen LogP contribution in [0.25, 0.3) is 0 Å². The van der Waals surface area contributed by atoms with E-state index in [1.807, 2.05) is 6.92 Å². The van der Waals surface area contributed by atoms with Gasteiger partial charge in [0.2, 0.25) is 11.8 Å². The Morgan fingerprint density at radius 3 is 2.38 bits per heavy atom. The molecule has 7 nitrogen and oxygen atoms in total. The lowest BCUT2D eigenvalue weighted by Gasteiger charge is -2.18. The normalized spacial score (nSPS) is 29.2. The van der Waals surface area contributed by atoms with E-state index >= 15 is 0 Å². The van der Waals surface area contributed by atoms with Gasteiger partial charge in [0.1, 0.15) is 0 Å². The van der Waals surface area contributed by atoms with Gasteiger partial charge in [-0.05, 0) is 31.6 Å². The molecule has 4 atom stereocenters. The van der Waals surface area contributed by atoms with Crippen molar-refractivity contribution >= 4 is 41.8 Å². The molecule has 1 saturated heterocycles. The summed E-state index contributed by atoms with van der Waals surface area (Å²) in [4.78, 5) is 30.8. The van der Waals surface area contributed by atoms with E-state index in [0.29, 0.717) is 45.2 Å². The third-order valence-corrected chi connectivity index (χ3v) is 5.38. The molecule has 1 aliphatic heterocycles. The van der Waals surface area contributed by atoms with Gasteiger partial charge in [-0.2, -0.15) is 0 Å². The highest BCUT2D eigenvalue weighted by Gasteiger charge is 2.58. The Balaban J connectivity index is 0.00000243. The molecule has 26 heavy (non-hydrogen) atoms. The lowest BCUT2D eigenvalue weighted by molar-refractivity contribution is -0.140. The molecule has 8 heteroatoms. The van der Waals surface area contributed by atoms with E-state index in [9.17, 15) is 9.59 Å². The number of carbonyl (C=O) groups excluding carboxylic acids is 2. The molecular weight excluding hydrogens is 447 g/mol. The Labute approximate surface area is 172 Å². The summed E-state index contributed by atoms with van der Waals surface area (Å²) in [6.07, 6.45) is 5.94. The van der Waals surface area contributed by atoms with Crippen LogP contribution in [0.15, 0.2) is 17.1 Å². The molecule has 2 fully saturated rings. The van der Waals surface area contributed by atoms with Gasteiger partial charge >= 0.3 is 0 Å². The second-order valence-electron chi connectivity index (χ2n) is 6.80. The SMILES string of the molecule is CCOCCNC(=NC)NCCCN1C(=O)C2C3C=CC(C3)C2C1=O.I. The van der Waals surface area contributed by atoms with E-state index in [-0.39, 0.29) is 59.5 Å². The molecule has 2 N–H and O–H groups in total. The second-order valence-corrected chi connectivity index (χ2v) is 6.80. The van der Waals surface area contributed by atoms with Crippen LogP contribution in [-0.4, -0.2) is 62.6 Å². The van der Waals surface area contributed by atoms with Crippen LogP contribution < -0.4 is 10.6 Å². The number of amides is 2. The van der Waals surface area contributed by atoms with Gasteiger partial charge in [0, 0.05) is 33.3 Å². The van der Waals surface area contributed by atoms with Crippen LogP contribution in [0.5, 0.6) is 0 Å². The second kappa shape index (κ2) is 9.68. The van der Waals surface area contributed by atoms with Crippen molar-refractivity contribution in [3.8, 4) is 0 Å². The van der Waals surface area contributed by atoms with Gasteiger partial charge in [0.15, 0.2) is 5.96 Å². The molecule has 2 aliphatic carbocycles. The molecule has 0 aromatic rings. The van der Waals surface area contributed by atoms with E-state index in [0.717, 1.165) is 6.42 Å². The summed E-state index contributed by atoms with van der Waals surface area (Å²) in [5, 5.41) is 6.36. The average Bonchev–Trinajstić information content (AvgIpc) is 3.29. The quantitative estimate of drug-likeness (QED) is 0.137. The van der Waals surface area contributed by atoms with Gasteiger partial charge in [-0.15, -0.1) is 24.0 Å². The average molecular weight is 476 g/mol. The maximum Gasteiger partial charge on any atom is 0.233 e. The molecule has 2 amide bonds. The first-order valence-electron chi connectivity index (χ1n) is 9.23. The van der Waals surface area contributed by atoms with Crippen LogP contribution in [-0.2, 0) is 14.3 Å². The minimum atomic E-state index is -0.0940. The first-order valence-corrected chi connectivity index (χ1v) is 9.23. The lowest BCUT2D eigenvalue weighted by Crippen LogP contribution is -2.41. The summed E-state index contributed by atoms with van der Waals surface area (Å²) in [6, 6.07) is 0. The van der Waals surface area contributed by atoms with Crippen molar-refractivity contribution in [1.82, 2.24) is 15.5 Å². The Kier molecular flexibility index (Phi) is 7.87. The van der Waals surface area contributed by atoms with Gasteiger partial charge in [0.05, 0.1) is 18.4 Å². The Morgan fingerprint density at radius 2 is 1.81 bits per heavy atom. The van der Waals surface area contributed by atoms with Crippen molar-refractivity contribution in [3.63, 3.8) is 0 Å². The molecule has 146 valence electrons. The number of aliphatic imine (C=N–C) groups is 1. The molecule has 3 aliphatic rings. The van der Waals surface area contributed by atoms with Gasteiger partial charge in [-0.25, -0.2) is 0 Å². The third-order valence-electron chi connectivity index (χ3n) is 5.38. The van der Waals surface area contributed by atoms with Crippen LogP contribution in [0, 0.1) is 23.7 Å². The summed E-state index contributed by atoms with van der Waals surface area (Å²) >= 11 is 0. The van der Waals surface area contributed by atoms with Crippen molar-refractivity contribution in [2.24, 2.45) is 28.7 Å². The summed E-state index contributed by atoms with van der Waals surface area (Å²) in [6.45, 7) is 5.12. The topological polar surface area (TPSA) is 83.0 Å². The summed E-state index contributed by atoms with van der Waals surface area (Å²) in [7, 11) is 1.72. The number of guanidine groups is 1. The largest absolute Gasteiger partial charge is 0.380 e. The highest BCUT2D eigenvalue weighted by Crippen LogP contribution is 2.52. The molecule has 3 rings (SSSR count). The highest BCUT2D eigenvalue weighted by molar-refractivity contribution is 14.0. The van der Waals surface area contributed by atoms with Crippen LogP contribution >= 0.6 is 24.0 Å². The standard InChI is InChI=1S/C18H28N4O3.HI/c1-3-25-10-8-21-18(19-2)20-7-4-9-22-16(23)14-12-5-6-13(11-12)15(14)17(22)24;/h5-6,12-15H,3-4,7-11H2,1-2H3,(H2,19,20,21);1H. The number of halogens is 1. The zero-order chi connectivity index (χ0) is 17.8. The van der Waals surface area contributed by atoms with Crippen molar-refractivity contribution in [2.75, 3.05) is 39.9 Å². The molecule has 1 heterocycles. The molecule has 1 saturated carbocycles. The van der Waals surface area contributed by atoms with E-state index in [1.54, 1.807) is 7.05 Å². The zero-order valence-electron chi connectivity index (χ0n) is 15.4. The molecular formula is C18H29IN4O3. The van der Waals surface area contributed by atoms with Gasteiger partial charge in [-0.3, -0.25) is 19.5 Å². The molecule has 0 aromatic heterocycles. The monoisotopic (exact) mass is 476 g/mol. The molecule has 0 radical (unpaired) electrons. The van der Waals surface area contributed by atoms with Crippen LogP contribution in [0.4, 0.5) is 0 Å². The van der Waals surface area contributed by atoms with E-state index in [1.165, 1.54) is 4.90 Å². The summed E-state index contributed by atoms with van der Waals surface area (Å²) < 4.78 is 5.27. The molecule has 0 aromatic carbocycles. The first-order chi connectivity index (χ1) is 12.2. The number of hydrogen-bond donors (Lipinski definition) is 2. The molecule has 2 bridgehead atoms. The third kappa shape index (κ3) is 4.21. The number of carbonyl (C=O) groups is 2. The Morgan fingerprint density at radius 1 is 1.19 bits per heavy atom. The summed E-state index contributed by atoms with van der Waals surface area (Å²) in [5.41, 5.74) is 0. The summed E-state index contributed by atoms with van der Waals surface area (Å²) in [5.74, 6) is 1.15. The Bertz CT molecular complexity index is 551. The number of nitrogens with one attached hydrogen (secondary N) is 2. The first kappa shape index (κ1) is 21.1. The number of rotatable bonds is 8. The number of allylic oxidation sites excluding steroid dienone is 2. The van der Waals surface area contributed by atoms with E-state index < -0.39 is 0 Å². The number of nitrogens with zero attached hydrogens (tertiary/aromatic N) is 2. The van der Waals surface area contributed by atoms with Crippen LogP contribution in [0.3, 0.4) is 0 Å². The maximum atomic E-state index is 12.6. The highest BCUT2D eigenvalue weighted by atomic mass is 127. The fourth-order valence-corrected chi connectivity index (χ4v) is 4.23. The van der Waals surface area contributed by atoms with E-state index in [4.69, 9.17) is 4.74 Å². The van der Waals surface area contributed by atoms with Gasteiger partial charge in [-0.1, -0.05) is 12.2 Å². The molecule has 4 unspecified atom stereocenters. The van der Waals surface area contributed by atoms with Crippen molar-refractivity contribution < 1.29 is 14.3 Å². The number of likely N-dealkylation sites (tertiary alicyclic amines) is 1. The van der Waals surface area contributed by atoms with E-state index in [2.05, 4.69) is 27.8 Å². The number of ether oxygens (including phenoxy) is 1. The zero-order valence-corrected chi connectivity index (χ0v) is 17.8. The maximum absolute atomic E-state index is 12.6. The smallest absolute Gasteiger partial charge is 0.233 e. The molecule has 0 spiro atoms.